The van der Waals surface area contributed by atoms with Gasteiger partial charge in [0.25, 0.3) is 0 Å². The van der Waals surface area contributed by atoms with Crippen molar-refractivity contribution in [1.29, 1.82) is 0 Å². The van der Waals surface area contributed by atoms with E-state index in [9.17, 15) is 0 Å². The summed E-state index contributed by atoms with van der Waals surface area (Å²) in [6.07, 6.45) is 4.34. The van der Waals surface area contributed by atoms with Crippen LogP contribution >= 0.6 is 24.0 Å². The van der Waals surface area contributed by atoms with Crippen LogP contribution in [0.1, 0.15) is 42.3 Å². The van der Waals surface area contributed by atoms with Crippen LogP contribution in [0.3, 0.4) is 0 Å². The van der Waals surface area contributed by atoms with Gasteiger partial charge in [0.15, 0.2) is 5.96 Å². The monoisotopic (exact) mass is 498 g/mol. The molecule has 0 atom stereocenters. The number of hydrogen-bond donors (Lipinski definition) is 2. The number of rotatable bonds is 8. The van der Waals surface area contributed by atoms with Crippen molar-refractivity contribution in [2.75, 3.05) is 13.2 Å². The molecule has 0 radical (unpaired) electrons. The molecule has 2 aromatic rings. The quantitative estimate of drug-likeness (QED) is 0.333. The molecule has 8 heteroatoms. The van der Waals surface area contributed by atoms with Gasteiger partial charge in [0.2, 0.25) is 5.88 Å². The van der Waals surface area contributed by atoms with E-state index in [1.54, 1.807) is 6.20 Å². The molecule has 1 fully saturated rings. The molecule has 3 rings (SSSR count). The molecule has 0 aromatic carbocycles. The van der Waals surface area contributed by atoms with E-state index in [-0.39, 0.29) is 24.0 Å². The van der Waals surface area contributed by atoms with Gasteiger partial charge < -0.3 is 15.4 Å². The van der Waals surface area contributed by atoms with E-state index in [0.717, 1.165) is 36.3 Å². The third kappa shape index (κ3) is 6.35. The number of aliphatic imine (C=N–C) groups is 1. The summed E-state index contributed by atoms with van der Waals surface area (Å²) in [4.78, 5) is 8.99. The highest BCUT2D eigenvalue weighted by atomic mass is 127. The van der Waals surface area contributed by atoms with Crippen LogP contribution in [-0.4, -0.2) is 33.9 Å². The fourth-order valence-corrected chi connectivity index (χ4v) is 2.87. The molecule has 0 unspecified atom stereocenters. The summed E-state index contributed by atoms with van der Waals surface area (Å²) >= 11 is 0. The Morgan fingerprint density at radius 1 is 1.32 bits per heavy atom. The lowest BCUT2D eigenvalue weighted by atomic mass is 10.2. The SMILES string of the molecule is CCNC(=NCc1ccnc(OCC2CC2)c1)NCc1c(C)nn(C)c1C.I. The summed E-state index contributed by atoms with van der Waals surface area (Å²) in [7, 11) is 1.97. The fourth-order valence-electron chi connectivity index (χ4n) is 2.87. The molecule has 28 heavy (non-hydrogen) atoms. The van der Waals surface area contributed by atoms with Crippen LogP contribution in [0.15, 0.2) is 23.3 Å². The second kappa shape index (κ2) is 10.6. The molecule has 154 valence electrons. The molecule has 2 heterocycles. The Morgan fingerprint density at radius 3 is 2.75 bits per heavy atom. The van der Waals surface area contributed by atoms with Gasteiger partial charge in [-0.2, -0.15) is 5.10 Å². The molecule has 0 aliphatic heterocycles. The van der Waals surface area contributed by atoms with E-state index in [1.807, 2.05) is 30.8 Å². The molecule has 2 aromatic heterocycles. The second-order valence-electron chi connectivity index (χ2n) is 7.08. The van der Waals surface area contributed by atoms with Crippen LogP contribution < -0.4 is 15.4 Å². The van der Waals surface area contributed by atoms with E-state index < -0.39 is 0 Å². The molecule has 7 nitrogen and oxygen atoms in total. The highest BCUT2D eigenvalue weighted by Gasteiger charge is 2.22. The van der Waals surface area contributed by atoms with Crippen LogP contribution in [0, 0.1) is 19.8 Å². The Bertz CT molecular complexity index is 800. The lowest BCUT2D eigenvalue weighted by molar-refractivity contribution is 0.288. The Hall–Kier alpha value is -1.84. The number of aromatic nitrogens is 3. The van der Waals surface area contributed by atoms with Crippen LogP contribution in [0.5, 0.6) is 5.88 Å². The van der Waals surface area contributed by atoms with Crippen molar-refractivity contribution in [1.82, 2.24) is 25.4 Å². The first-order valence-electron chi connectivity index (χ1n) is 9.65. The number of halogens is 1. The smallest absolute Gasteiger partial charge is 0.213 e. The number of hydrogen-bond acceptors (Lipinski definition) is 4. The fraction of sp³-hybridized carbons (Fsp3) is 0.550. The maximum Gasteiger partial charge on any atom is 0.213 e. The third-order valence-corrected chi connectivity index (χ3v) is 4.82. The molecule has 0 amide bonds. The highest BCUT2D eigenvalue weighted by molar-refractivity contribution is 14.0. The molecule has 1 aliphatic carbocycles. The maximum absolute atomic E-state index is 5.76. The molecule has 0 saturated heterocycles. The van der Waals surface area contributed by atoms with E-state index in [0.29, 0.717) is 19.0 Å². The average Bonchev–Trinajstić information content (AvgIpc) is 3.45. The first-order valence-corrected chi connectivity index (χ1v) is 9.65. The van der Waals surface area contributed by atoms with Gasteiger partial charge in [0.1, 0.15) is 0 Å². The van der Waals surface area contributed by atoms with Gasteiger partial charge in [-0.3, -0.25) is 4.68 Å². The molecule has 2 N–H and O–H groups in total. The molecule has 0 spiro atoms. The van der Waals surface area contributed by atoms with Crippen molar-refractivity contribution >= 4 is 29.9 Å². The van der Waals surface area contributed by atoms with Crippen LogP contribution in [0.25, 0.3) is 0 Å². The van der Waals surface area contributed by atoms with Gasteiger partial charge in [0.05, 0.1) is 18.8 Å². The zero-order chi connectivity index (χ0) is 19.2. The van der Waals surface area contributed by atoms with Gasteiger partial charge in [-0.05, 0) is 51.2 Å². The normalized spacial score (nSPS) is 13.8. The minimum atomic E-state index is 0. The second-order valence-corrected chi connectivity index (χ2v) is 7.08. The lowest BCUT2D eigenvalue weighted by Crippen LogP contribution is -2.37. The van der Waals surface area contributed by atoms with E-state index in [1.165, 1.54) is 24.1 Å². The number of guanidine groups is 1. The topological polar surface area (TPSA) is 76.4 Å². The summed E-state index contributed by atoms with van der Waals surface area (Å²) in [6, 6.07) is 3.96. The van der Waals surface area contributed by atoms with Crippen LogP contribution in [0.2, 0.25) is 0 Å². The van der Waals surface area contributed by atoms with Gasteiger partial charge in [-0.1, -0.05) is 0 Å². The number of pyridine rings is 1. The number of nitrogens with one attached hydrogen (secondary N) is 2. The lowest BCUT2D eigenvalue weighted by Gasteiger charge is -2.12. The van der Waals surface area contributed by atoms with Gasteiger partial charge in [-0.15, -0.1) is 24.0 Å². The summed E-state index contributed by atoms with van der Waals surface area (Å²) in [5.41, 5.74) is 4.51. The molecule has 1 aliphatic rings. The van der Waals surface area contributed by atoms with Gasteiger partial charge >= 0.3 is 0 Å². The molecular weight excluding hydrogens is 467 g/mol. The van der Waals surface area contributed by atoms with Crippen molar-refractivity contribution in [2.45, 2.75) is 46.7 Å². The summed E-state index contributed by atoms with van der Waals surface area (Å²) in [6.45, 7) is 9.03. The third-order valence-electron chi connectivity index (χ3n) is 4.82. The van der Waals surface area contributed by atoms with Crippen molar-refractivity contribution < 1.29 is 4.74 Å². The Labute approximate surface area is 184 Å². The van der Waals surface area contributed by atoms with Crippen LogP contribution in [-0.2, 0) is 20.1 Å². The Morgan fingerprint density at radius 2 is 2.11 bits per heavy atom. The molecule has 0 bridgehead atoms. The average molecular weight is 498 g/mol. The Kier molecular flexibility index (Phi) is 8.53. The van der Waals surface area contributed by atoms with Crippen LogP contribution in [0.4, 0.5) is 0 Å². The van der Waals surface area contributed by atoms with Gasteiger partial charge in [-0.25, -0.2) is 9.98 Å². The number of aryl methyl sites for hydroxylation is 2. The predicted octanol–water partition coefficient (Wildman–Crippen LogP) is 3.09. The molecular formula is C20H31IN6O. The standard InChI is InChI=1S/C20H30N6O.HI/c1-5-21-20(24-12-18-14(2)25-26(4)15(18)3)23-11-17-8-9-22-19(10-17)27-13-16-6-7-16;/h8-10,16H,5-7,11-13H2,1-4H3,(H2,21,23,24);1H. The summed E-state index contributed by atoms with van der Waals surface area (Å²) < 4.78 is 7.67. The Balaban J connectivity index is 0.00000280. The van der Waals surface area contributed by atoms with E-state index >= 15 is 0 Å². The van der Waals surface area contributed by atoms with E-state index in [2.05, 4.69) is 34.6 Å². The maximum atomic E-state index is 5.76. The zero-order valence-corrected chi connectivity index (χ0v) is 19.5. The zero-order valence-electron chi connectivity index (χ0n) is 17.2. The number of nitrogens with zero attached hydrogens (tertiary/aromatic N) is 4. The number of ether oxygens (including phenoxy) is 1. The summed E-state index contributed by atoms with van der Waals surface area (Å²) in [5, 5.41) is 11.2. The van der Waals surface area contributed by atoms with Gasteiger partial charge in [0, 0.05) is 43.7 Å². The van der Waals surface area contributed by atoms with Crippen molar-refractivity contribution in [3.05, 3.63) is 40.8 Å². The first-order chi connectivity index (χ1) is 13.1. The predicted molar refractivity (Wildman–Crippen MR) is 122 cm³/mol. The van der Waals surface area contributed by atoms with Crippen molar-refractivity contribution in [3.63, 3.8) is 0 Å². The van der Waals surface area contributed by atoms with E-state index in [4.69, 9.17) is 9.73 Å². The largest absolute Gasteiger partial charge is 0.477 e. The minimum absolute atomic E-state index is 0. The minimum Gasteiger partial charge on any atom is -0.477 e. The molecule has 1 saturated carbocycles. The van der Waals surface area contributed by atoms with Crippen molar-refractivity contribution in [2.24, 2.45) is 18.0 Å². The first kappa shape index (κ1) is 22.4. The van der Waals surface area contributed by atoms with Crippen molar-refractivity contribution in [3.8, 4) is 5.88 Å². The highest BCUT2D eigenvalue weighted by Crippen LogP contribution is 2.29. The summed E-state index contributed by atoms with van der Waals surface area (Å²) in [5.74, 6) is 2.20.